The Morgan fingerprint density at radius 1 is 1.29 bits per heavy atom. The van der Waals surface area contributed by atoms with Gasteiger partial charge in [-0.1, -0.05) is 17.7 Å². The van der Waals surface area contributed by atoms with E-state index in [1.165, 1.54) is 42.4 Å². The predicted octanol–water partition coefficient (Wildman–Crippen LogP) is 2.86. The van der Waals surface area contributed by atoms with Crippen LogP contribution < -0.4 is 5.32 Å². The third kappa shape index (κ3) is 1.27. The molecular formula is C12H14ClN. The van der Waals surface area contributed by atoms with Crippen LogP contribution in [-0.2, 0) is 12.8 Å². The van der Waals surface area contributed by atoms with Gasteiger partial charge >= 0.3 is 0 Å². The van der Waals surface area contributed by atoms with Crippen LogP contribution in [0.25, 0.3) is 0 Å². The number of rotatable bonds is 1. The Bertz CT molecular complexity index is 369. The van der Waals surface area contributed by atoms with Gasteiger partial charge in [0.1, 0.15) is 0 Å². The van der Waals surface area contributed by atoms with Gasteiger partial charge in [-0.05, 0) is 55.0 Å². The maximum Gasteiger partial charge on any atom is 0.0444 e. The largest absolute Gasteiger partial charge is 0.310 e. The fraction of sp³-hybridized carbons (Fsp3) is 0.500. The molecule has 1 saturated heterocycles. The Hall–Kier alpha value is -0.530. The fourth-order valence-corrected chi connectivity index (χ4v) is 2.79. The predicted molar refractivity (Wildman–Crippen MR) is 58.8 cm³/mol. The number of hydrogen-bond acceptors (Lipinski definition) is 1. The quantitative estimate of drug-likeness (QED) is 0.747. The van der Waals surface area contributed by atoms with Gasteiger partial charge in [0.15, 0.2) is 0 Å². The molecule has 1 nitrogen and oxygen atoms in total. The van der Waals surface area contributed by atoms with Crippen molar-refractivity contribution >= 4 is 11.6 Å². The van der Waals surface area contributed by atoms with Crippen molar-refractivity contribution in [1.29, 1.82) is 0 Å². The normalized spacial score (nSPS) is 24.5. The minimum atomic E-state index is 0.568. The lowest BCUT2D eigenvalue weighted by atomic mass is 9.95. The molecule has 1 fully saturated rings. The second kappa shape index (κ2) is 3.25. The molecule has 14 heavy (non-hydrogen) atoms. The smallest absolute Gasteiger partial charge is 0.0444 e. The van der Waals surface area contributed by atoms with Gasteiger partial charge in [0, 0.05) is 11.1 Å². The molecule has 0 spiro atoms. The van der Waals surface area contributed by atoms with Crippen molar-refractivity contribution in [3.63, 3.8) is 0 Å². The maximum absolute atomic E-state index is 6.27. The number of halogens is 1. The summed E-state index contributed by atoms with van der Waals surface area (Å²) in [6.45, 7) is 1.15. The van der Waals surface area contributed by atoms with Crippen LogP contribution in [0.4, 0.5) is 0 Å². The van der Waals surface area contributed by atoms with Gasteiger partial charge in [-0.3, -0.25) is 0 Å². The topological polar surface area (TPSA) is 12.0 Å². The first-order chi connectivity index (χ1) is 6.84. The summed E-state index contributed by atoms with van der Waals surface area (Å²) >= 11 is 6.27. The first kappa shape index (κ1) is 8.75. The summed E-state index contributed by atoms with van der Waals surface area (Å²) in [5.41, 5.74) is 4.28. The molecule has 0 aromatic heterocycles. The van der Waals surface area contributed by atoms with Gasteiger partial charge < -0.3 is 5.32 Å². The molecule has 1 aromatic carbocycles. The van der Waals surface area contributed by atoms with Crippen LogP contribution in [0.1, 0.15) is 35.6 Å². The lowest BCUT2D eigenvalue weighted by Crippen LogP contribution is -2.34. The summed E-state index contributed by atoms with van der Waals surface area (Å²) in [5, 5.41) is 4.41. The average molecular weight is 208 g/mol. The summed E-state index contributed by atoms with van der Waals surface area (Å²) in [4.78, 5) is 0. The van der Waals surface area contributed by atoms with Crippen LogP contribution in [0.2, 0.25) is 5.02 Å². The molecule has 1 heterocycles. The molecule has 0 bridgehead atoms. The zero-order chi connectivity index (χ0) is 9.54. The summed E-state index contributed by atoms with van der Waals surface area (Å²) in [7, 11) is 0. The van der Waals surface area contributed by atoms with E-state index in [1.54, 1.807) is 0 Å². The van der Waals surface area contributed by atoms with Crippen molar-refractivity contribution in [3.05, 3.63) is 33.8 Å². The molecular weight excluding hydrogens is 194 g/mol. The van der Waals surface area contributed by atoms with Gasteiger partial charge in [-0.25, -0.2) is 0 Å². The standard InChI is InChI=1S/C12H14ClN/c13-11-7-9(12-4-5-14-12)6-8-2-1-3-10(8)11/h6-7,12,14H,1-5H2. The van der Waals surface area contributed by atoms with Crippen LogP contribution in [0, 0.1) is 0 Å². The first-order valence-electron chi connectivity index (χ1n) is 5.39. The molecule has 1 aliphatic heterocycles. The summed E-state index contributed by atoms with van der Waals surface area (Å²) in [6, 6.07) is 5.08. The van der Waals surface area contributed by atoms with E-state index >= 15 is 0 Å². The van der Waals surface area contributed by atoms with Gasteiger partial charge in [0.25, 0.3) is 0 Å². The van der Waals surface area contributed by atoms with Crippen molar-refractivity contribution in [3.8, 4) is 0 Å². The molecule has 1 aliphatic carbocycles. The van der Waals surface area contributed by atoms with E-state index in [0.29, 0.717) is 6.04 Å². The first-order valence-corrected chi connectivity index (χ1v) is 5.77. The second-order valence-electron chi connectivity index (χ2n) is 4.29. The van der Waals surface area contributed by atoms with Crippen LogP contribution >= 0.6 is 11.6 Å². The van der Waals surface area contributed by atoms with Crippen molar-refractivity contribution in [2.75, 3.05) is 6.54 Å². The highest BCUT2D eigenvalue weighted by Crippen LogP contribution is 2.34. The molecule has 74 valence electrons. The molecule has 0 amide bonds. The van der Waals surface area contributed by atoms with Gasteiger partial charge in [0.05, 0.1) is 0 Å². The Labute approximate surface area is 89.5 Å². The van der Waals surface area contributed by atoms with Crippen molar-refractivity contribution < 1.29 is 0 Å². The van der Waals surface area contributed by atoms with E-state index in [4.69, 9.17) is 11.6 Å². The molecule has 2 heteroatoms. The van der Waals surface area contributed by atoms with Gasteiger partial charge in [-0.2, -0.15) is 0 Å². The van der Waals surface area contributed by atoms with E-state index in [-0.39, 0.29) is 0 Å². The van der Waals surface area contributed by atoms with E-state index in [9.17, 15) is 0 Å². The summed E-state index contributed by atoms with van der Waals surface area (Å²) in [5.74, 6) is 0. The maximum atomic E-state index is 6.27. The second-order valence-corrected chi connectivity index (χ2v) is 4.70. The van der Waals surface area contributed by atoms with Crippen molar-refractivity contribution in [1.82, 2.24) is 5.32 Å². The molecule has 3 rings (SSSR count). The minimum absolute atomic E-state index is 0.568. The number of hydrogen-bond donors (Lipinski definition) is 1. The average Bonchev–Trinajstić information content (AvgIpc) is 2.48. The van der Waals surface area contributed by atoms with Gasteiger partial charge in [0.2, 0.25) is 0 Å². The van der Waals surface area contributed by atoms with E-state index in [1.807, 2.05) is 0 Å². The third-order valence-corrected chi connectivity index (χ3v) is 3.75. The number of aryl methyl sites for hydroxylation is 1. The Balaban J connectivity index is 2.02. The highest BCUT2D eigenvalue weighted by atomic mass is 35.5. The van der Waals surface area contributed by atoms with Crippen molar-refractivity contribution in [2.24, 2.45) is 0 Å². The lowest BCUT2D eigenvalue weighted by Gasteiger charge is -2.28. The molecule has 0 radical (unpaired) electrons. The van der Waals surface area contributed by atoms with E-state index in [2.05, 4.69) is 17.4 Å². The number of nitrogens with one attached hydrogen (secondary N) is 1. The minimum Gasteiger partial charge on any atom is -0.310 e. The van der Waals surface area contributed by atoms with Crippen LogP contribution in [0.5, 0.6) is 0 Å². The monoisotopic (exact) mass is 207 g/mol. The SMILES string of the molecule is Clc1cc(C2CCN2)cc2c1CCC2. The third-order valence-electron chi connectivity index (χ3n) is 3.41. The zero-order valence-corrected chi connectivity index (χ0v) is 8.90. The molecule has 0 saturated carbocycles. The number of benzene rings is 1. The molecule has 1 unspecified atom stereocenters. The summed E-state index contributed by atoms with van der Waals surface area (Å²) in [6.07, 6.45) is 4.92. The summed E-state index contributed by atoms with van der Waals surface area (Å²) < 4.78 is 0. The van der Waals surface area contributed by atoms with Crippen LogP contribution in [0.15, 0.2) is 12.1 Å². The zero-order valence-electron chi connectivity index (χ0n) is 8.15. The Morgan fingerprint density at radius 2 is 2.14 bits per heavy atom. The fourth-order valence-electron chi connectivity index (χ4n) is 2.45. The molecule has 1 aromatic rings. The van der Waals surface area contributed by atoms with Crippen LogP contribution in [0.3, 0.4) is 0 Å². The molecule has 1 atom stereocenters. The number of fused-ring (bicyclic) bond motifs is 1. The highest BCUT2D eigenvalue weighted by Gasteiger charge is 2.22. The van der Waals surface area contributed by atoms with Crippen molar-refractivity contribution in [2.45, 2.75) is 31.7 Å². The van der Waals surface area contributed by atoms with Gasteiger partial charge in [-0.15, -0.1) is 0 Å². The van der Waals surface area contributed by atoms with E-state index < -0.39 is 0 Å². The Morgan fingerprint density at radius 3 is 2.86 bits per heavy atom. The van der Waals surface area contributed by atoms with E-state index in [0.717, 1.165) is 11.6 Å². The Kier molecular flexibility index (Phi) is 2.03. The lowest BCUT2D eigenvalue weighted by molar-refractivity contribution is 0.383. The highest BCUT2D eigenvalue weighted by molar-refractivity contribution is 6.31. The van der Waals surface area contributed by atoms with Crippen LogP contribution in [-0.4, -0.2) is 6.54 Å². The molecule has 1 N–H and O–H groups in total. The molecule has 2 aliphatic rings.